The van der Waals surface area contributed by atoms with E-state index in [2.05, 4.69) is 0 Å². The normalized spacial score (nSPS) is 49.5. The Morgan fingerprint density at radius 2 is 1.72 bits per heavy atom. The second kappa shape index (κ2) is 3.67. The van der Waals surface area contributed by atoms with Crippen LogP contribution in [0.5, 0.6) is 0 Å². The van der Waals surface area contributed by atoms with Gasteiger partial charge in [-0.2, -0.15) is 0 Å². The number of fused-ring (bicyclic) bond motifs is 1. The molecule has 0 aromatic heterocycles. The molecule has 2 saturated heterocycles. The fourth-order valence-corrected chi connectivity index (χ4v) is 3.38. The summed E-state index contributed by atoms with van der Waals surface area (Å²) in [4.78, 5) is 0. The van der Waals surface area contributed by atoms with Gasteiger partial charge in [0.25, 0.3) is 0 Å². The van der Waals surface area contributed by atoms with Crippen LogP contribution in [0.3, 0.4) is 0 Å². The molecule has 2 heterocycles. The smallest absolute Gasteiger partial charge is 0.163 e. The van der Waals surface area contributed by atoms with Crippen molar-refractivity contribution in [3.63, 3.8) is 0 Å². The van der Waals surface area contributed by atoms with Gasteiger partial charge in [-0.05, 0) is 27.7 Å². The van der Waals surface area contributed by atoms with Gasteiger partial charge in [0, 0.05) is 12.8 Å². The lowest BCUT2D eigenvalue weighted by atomic mass is 9.80. The van der Waals surface area contributed by atoms with Crippen LogP contribution in [-0.2, 0) is 18.9 Å². The third-order valence-electron chi connectivity index (χ3n) is 3.90. The zero-order valence-electron chi connectivity index (χ0n) is 11.4. The van der Waals surface area contributed by atoms with E-state index >= 15 is 0 Å². The summed E-state index contributed by atoms with van der Waals surface area (Å²) in [7, 11) is 0. The zero-order valence-corrected chi connectivity index (χ0v) is 11.4. The van der Waals surface area contributed by atoms with E-state index in [1.807, 2.05) is 27.7 Å². The third-order valence-corrected chi connectivity index (χ3v) is 3.90. The molecule has 3 fully saturated rings. The van der Waals surface area contributed by atoms with Crippen molar-refractivity contribution in [3.05, 3.63) is 0 Å². The van der Waals surface area contributed by atoms with E-state index in [1.54, 1.807) is 0 Å². The molecule has 0 radical (unpaired) electrons. The predicted molar refractivity (Wildman–Crippen MR) is 62.9 cm³/mol. The first kappa shape index (κ1) is 12.8. The summed E-state index contributed by atoms with van der Waals surface area (Å²) in [6.45, 7) is 8.05. The second-order valence-corrected chi connectivity index (χ2v) is 6.59. The molecule has 0 unspecified atom stereocenters. The van der Waals surface area contributed by atoms with Crippen molar-refractivity contribution < 1.29 is 24.1 Å². The summed E-state index contributed by atoms with van der Waals surface area (Å²) in [5.41, 5.74) is -0.437. The molecule has 1 aliphatic carbocycles. The molecule has 1 spiro atoms. The number of hydrogen-bond acceptors (Lipinski definition) is 5. The summed E-state index contributed by atoms with van der Waals surface area (Å²) in [6.07, 6.45) is 0.306. The molecule has 0 aromatic rings. The highest BCUT2D eigenvalue weighted by molar-refractivity contribution is 5.03. The van der Waals surface area contributed by atoms with Crippen LogP contribution in [0.25, 0.3) is 0 Å². The molecule has 4 atom stereocenters. The average molecular weight is 258 g/mol. The fourth-order valence-electron chi connectivity index (χ4n) is 3.38. The Bertz CT molecular complexity index is 353. The second-order valence-electron chi connectivity index (χ2n) is 6.59. The Morgan fingerprint density at radius 1 is 1.00 bits per heavy atom. The fraction of sp³-hybridized carbons (Fsp3) is 1.00. The molecule has 3 rings (SSSR count). The lowest BCUT2D eigenvalue weighted by molar-refractivity contribution is -0.188. The first-order valence-electron chi connectivity index (χ1n) is 6.58. The molecule has 1 N–H and O–H groups in total. The molecular formula is C13H22O5. The molecule has 0 bridgehead atoms. The first-order valence-corrected chi connectivity index (χ1v) is 6.58. The highest BCUT2D eigenvalue weighted by atomic mass is 16.8. The monoisotopic (exact) mass is 258 g/mol. The van der Waals surface area contributed by atoms with Crippen LogP contribution in [0.15, 0.2) is 0 Å². The molecule has 0 aromatic carbocycles. The largest absolute Gasteiger partial charge is 0.390 e. The summed E-state index contributed by atoms with van der Waals surface area (Å²) in [6, 6.07) is 0. The van der Waals surface area contributed by atoms with E-state index in [-0.39, 0.29) is 12.2 Å². The molecule has 18 heavy (non-hydrogen) atoms. The molecule has 0 amide bonds. The van der Waals surface area contributed by atoms with Crippen LogP contribution < -0.4 is 0 Å². The lowest BCUT2D eigenvalue weighted by Gasteiger charge is -2.40. The van der Waals surface area contributed by atoms with Crippen molar-refractivity contribution in [3.8, 4) is 0 Å². The highest BCUT2D eigenvalue weighted by Gasteiger charge is 2.58. The Hall–Kier alpha value is -0.200. The van der Waals surface area contributed by atoms with Crippen LogP contribution in [0.2, 0.25) is 0 Å². The van der Waals surface area contributed by atoms with Crippen molar-refractivity contribution in [2.45, 2.75) is 76.0 Å². The highest BCUT2D eigenvalue weighted by Crippen LogP contribution is 2.46. The van der Waals surface area contributed by atoms with Crippen LogP contribution in [0, 0.1) is 0 Å². The first-order chi connectivity index (χ1) is 8.21. The minimum atomic E-state index is -0.628. The topological polar surface area (TPSA) is 57.2 Å². The molecule has 5 nitrogen and oxygen atoms in total. The van der Waals surface area contributed by atoms with E-state index in [4.69, 9.17) is 18.9 Å². The molecule has 104 valence electrons. The standard InChI is InChI=1S/C13H22O5/c1-11(2)15-7-13(18-11)5-8(14)10-9(6-13)16-12(3,4)17-10/h8-10,14H,5-7H2,1-4H3/t8-,9-,10+,13-/m1/s1. The number of ether oxygens (including phenoxy) is 4. The van der Waals surface area contributed by atoms with Crippen LogP contribution >= 0.6 is 0 Å². The van der Waals surface area contributed by atoms with Gasteiger partial charge >= 0.3 is 0 Å². The van der Waals surface area contributed by atoms with Gasteiger partial charge in [-0.1, -0.05) is 0 Å². The van der Waals surface area contributed by atoms with Gasteiger partial charge in [-0.3, -0.25) is 0 Å². The minimum absolute atomic E-state index is 0.124. The van der Waals surface area contributed by atoms with Gasteiger partial charge in [0.1, 0.15) is 11.7 Å². The maximum absolute atomic E-state index is 10.3. The quantitative estimate of drug-likeness (QED) is 0.707. The van der Waals surface area contributed by atoms with Gasteiger partial charge in [-0.25, -0.2) is 0 Å². The number of rotatable bonds is 0. The van der Waals surface area contributed by atoms with Gasteiger partial charge < -0.3 is 24.1 Å². The van der Waals surface area contributed by atoms with E-state index < -0.39 is 23.3 Å². The van der Waals surface area contributed by atoms with Gasteiger partial charge in [-0.15, -0.1) is 0 Å². The Labute approximate surface area is 107 Å². The van der Waals surface area contributed by atoms with E-state index in [1.165, 1.54) is 0 Å². The van der Waals surface area contributed by atoms with Gasteiger partial charge in [0.15, 0.2) is 11.6 Å². The Kier molecular flexibility index (Phi) is 2.61. The molecule has 2 aliphatic heterocycles. The number of aliphatic hydroxyl groups is 1. The maximum atomic E-state index is 10.3. The summed E-state index contributed by atoms with van der Waals surface area (Å²) in [5.74, 6) is -1.21. The minimum Gasteiger partial charge on any atom is -0.390 e. The zero-order chi connectivity index (χ0) is 13.2. The van der Waals surface area contributed by atoms with E-state index in [0.717, 1.165) is 0 Å². The summed E-state index contributed by atoms with van der Waals surface area (Å²) < 4.78 is 23.3. The lowest BCUT2D eigenvalue weighted by Crippen LogP contribution is -2.53. The Balaban J connectivity index is 1.79. The van der Waals surface area contributed by atoms with Crippen molar-refractivity contribution in [2.24, 2.45) is 0 Å². The molecule has 5 heteroatoms. The van der Waals surface area contributed by atoms with Crippen LogP contribution in [0.1, 0.15) is 40.5 Å². The Morgan fingerprint density at radius 3 is 2.33 bits per heavy atom. The van der Waals surface area contributed by atoms with Crippen molar-refractivity contribution in [2.75, 3.05) is 6.61 Å². The van der Waals surface area contributed by atoms with Crippen molar-refractivity contribution >= 4 is 0 Å². The summed E-state index contributed by atoms with van der Waals surface area (Å²) >= 11 is 0. The van der Waals surface area contributed by atoms with Gasteiger partial charge in [0.2, 0.25) is 0 Å². The van der Waals surface area contributed by atoms with Crippen molar-refractivity contribution in [1.82, 2.24) is 0 Å². The number of hydrogen-bond donors (Lipinski definition) is 1. The van der Waals surface area contributed by atoms with Crippen LogP contribution in [-0.4, -0.2) is 47.2 Å². The molecule has 1 saturated carbocycles. The third kappa shape index (κ3) is 2.08. The van der Waals surface area contributed by atoms with E-state index in [0.29, 0.717) is 19.4 Å². The molecule has 3 aliphatic rings. The number of aliphatic hydroxyl groups excluding tert-OH is 1. The maximum Gasteiger partial charge on any atom is 0.163 e. The van der Waals surface area contributed by atoms with Crippen LogP contribution in [0.4, 0.5) is 0 Å². The van der Waals surface area contributed by atoms with E-state index in [9.17, 15) is 5.11 Å². The SMILES string of the molecule is CC1(C)O[C@H]2[C@H](O)C[C@]3(COC(C)(C)O3)C[C@H]2O1. The summed E-state index contributed by atoms with van der Waals surface area (Å²) in [5, 5.41) is 10.3. The molecular weight excluding hydrogens is 236 g/mol. The average Bonchev–Trinajstić information content (AvgIpc) is 2.64. The predicted octanol–water partition coefficient (Wildman–Crippen LogP) is 1.18. The van der Waals surface area contributed by atoms with Gasteiger partial charge in [0.05, 0.1) is 18.8 Å². The van der Waals surface area contributed by atoms with Crippen molar-refractivity contribution in [1.29, 1.82) is 0 Å².